The molecule has 1 saturated heterocycles. The molecule has 140 valence electrons. The fourth-order valence-electron chi connectivity index (χ4n) is 3.01. The van der Waals surface area contributed by atoms with Gasteiger partial charge < -0.3 is 18.9 Å². The number of hydrogen-bond acceptors (Lipinski definition) is 7. The minimum atomic E-state index is -0.307. The maximum Gasteiger partial charge on any atom is 0.161 e. The van der Waals surface area contributed by atoms with Crippen LogP contribution in [0, 0.1) is 0 Å². The molecule has 7 nitrogen and oxygen atoms in total. The van der Waals surface area contributed by atoms with Crippen molar-refractivity contribution in [3.8, 4) is 23.0 Å². The van der Waals surface area contributed by atoms with E-state index in [1.807, 2.05) is 43.4 Å². The third-order valence-electron chi connectivity index (χ3n) is 4.38. The van der Waals surface area contributed by atoms with E-state index in [1.165, 1.54) is 0 Å². The van der Waals surface area contributed by atoms with Crippen LogP contribution in [0.2, 0.25) is 0 Å². The highest BCUT2D eigenvalue weighted by Crippen LogP contribution is 2.37. The van der Waals surface area contributed by atoms with Crippen LogP contribution in [-0.4, -0.2) is 40.6 Å². The molecule has 2 atom stereocenters. The molecule has 0 radical (unpaired) electrons. The molecule has 1 aliphatic rings. The van der Waals surface area contributed by atoms with Crippen LogP contribution in [-0.2, 0) is 4.84 Å². The quantitative estimate of drug-likeness (QED) is 0.850. The molecule has 0 amide bonds. The number of rotatable bonds is 6. The zero-order valence-corrected chi connectivity index (χ0v) is 15.6. The maximum absolute atomic E-state index is 5.97. The summed E-state index contributed by atoms with van der Waals surface area (Å²) in [6, 6.07) is 11.5. The highest BCUT2D eigenvalue weighted by Gasteiger charge is 2.33. The van der Waals surface area contributed by atoms with Crippen LogP contribution in [0.4, 0.5) is 0 Å². The van der Waals surface area contributed by atoms with Crippen molar-refractivity contribution in [3.05, 3.63) is 47.5 Å². The smallest absolute Gasteiger partial charge is 0.161 e. The molecule has 26 heavy (non-hydrogen) atoms. The van der Waals surface area contributed by atoms with E-state index >= 15 is 0 Å². The molecule has 1 aliphatic heterocycles. The van der Waals surface area contributed by atoms with Gasteiger partial charge in [-0.05, 0) is 29.8 Å². The number of benzene rings is 2. The first-order valence-electron chi connectivity index (χ1n) is 8.20. The fourth-order valence-corrected chi connectivity index (χ4v) is 3.01. The Hall–Kier alpha value is -2.48. The van der Waals surface area contributed by atoms with Crippen LogP contribution in [0.3, 0.4) is 0 Å². The fraction of sp³-hybridized carbons (Fsp3) is 0.368. The van der Waals surface area contributed by atoms with Crippen LogP contribution in [0.1, 0.15) is 23.5 Å². The minimum absolute atomic E-state index is 0.132. The summed E-state index contributed by atoms with van der Waals surface area (Å²) in [6.45, 7) is 0. The number of ether oxygens (including phenoxy) is 4. The lowest BCUT2D eigenvalue weighted by Crippen LogP contribution is -2.24. The summed E-state index contributed by atoms with van der Waals surface area (Å²) in [4.78, 5) is 5.97. The molecule has 1 heterocycles. The largest absolute Gasteiger partial charge is 0.493 e. The topological polar surface area (TPSA) is 61.4 Å². The summed E-state index contributed by atoms with van der Waals surface area (Å²) < 4.78 is 21.4. The molecule has 7 heteroatoms. The lowest BCUT2D eigenvalue weighted by molar-refractivity contribution is -0.146. The van der Waals surface area contributed by atoms with E-state index < -0.39 is 0 Å². The van der Waals surface area contributed by atoms with Crippen LogP contribution in [0.15, 0.2) is 36.4 Å². The second kappa shape index (κ2) is 7.82. The SMILES string of the molecule is COc1ccc(C2NC(c3ccc(OC)c(OC)c3)N(C)O2)cc1OC. The van der Waals surface area contributed by atoms with E-state index in [9.17, 15) is 0 Å². The Balaban J connectivity index is 1.84. The van der Waals surface area contributed by atoms with Gasteiger partial charge in [0.2, 0.25) is 0 Å². The molecule has 2 unspecified atom stereocenters. The minimum Gasteiger partial charge on any atom is -0.493 e. The molecule has 0 bridgehead atoms. The Kier molecular flexibility index (Phi) is 5.51. The average Bonchev–Trinajstić information content (AvgIpc) is 3.08. The van der Waals surface area contributed by atoms with E-state index in [-0.39, 0.29) is 12.4 Å². The molecule has 2 aromatic rings. The van der Waals surface area contributed by atoms with Crippen LogP contribution >= 0.6 is 0 Å². The lowest BCUT2D eigenvalue weighted by atomic mass is 10.1. The summed E-state index contributed by atoms with van der Waals surface area (Å²) in [7, 11) is 8.35. The monoisotopic (exact) mass is 360 g/mol. The first-order chi connectivity index (χ1) is 12.6. The van der Waals surface area contributed by atoms with Gasteiger partial charge in [0.1, 0.15) is 6.17 Å². The molecule has 2 aromatic carbocycles. The van der Waals surface area contributed by atoms with Crippen molar-refractivity contribution < 1.29 is 23.8 Å². The standard InChI is InChI=1S/C19H24N2O5/c1-21-18(12-6-8-14(22-2)16(10-12)24-4)20-19(26-21)13-7-9-15(23-3)17(11-13)25-5/h6-11,18-20H,1-5H3. The van der Waals surface area contributed by atoms with Crippen molar-refractivity contribution in [2.45, 2.75) is 12.4 Å². The van der Waals surface area contributed by atoms with Gasteiger partial charge in [0, 0.05) is 12.6 Å². The number of methoxy groups -OCH3 is 4. The van der Waals surface area contributed by atoms with Crippen molar-refractivity contribution in [3.63, 3.8) is 0 Å². The Morgan fingerprint density at radius 3 is 1.81 bits per heavy atom. The molecule has 3 rings (SSSR count). The van der Waals surface area contributed by atoms with E-state index in [2.05, 4.69) is 5.32 Å². The van der Waals surface area contributed by atoms with Gasteiger partial charge in [-0.25, -0.2) is 0 Å². The van der Waals surface area contributed by atoms with Gasteiger partial charge in [0.15, 0.2) is 29.2 Å². The number of nitrogens with one attached hydrogen (secondary N) is 1. The van der Waals surface area contributed by atoms with E-state index in [4.69, 9.17) is 23.8 Å². The van der Waals surface area contributed by atoms with Crippen molar-refractivity contribution in [2.24, 2.45) is 0 Å². The van der Waals surface area contributed by atoms with E-state index in [1.54, 1.807) is 33.5 Å². The molecule has 0 saturated carbocycles. The Bertz CT molecular complexity index is 768. The third kappa shape index (κ3) is 3.41. The van der Waals surface area contributed by atoms with Gasteiger partial charge in [-0.15, -0.1) is 0 Å². The summed E-state index contributed by atoms with van der Waals surface area (Å²) in [5, 5.41) is 5.24. The Labute approximate surface area is 153 Å². The number of hydrogen-bond donors (Lipinski definition) is 1. The zero-order chi connectivity index (χ0) is 18.7. The summed E-state index contributed by atoms with van der Waals surface area (Å²) in [6.07, 6.45) is -0.439. The van der Waals surface area contributed by atoms with Gasteiger partial charge in [-0.1, -0.05) is 12.1 Å². The molecule has 1 N–H and O–H groups in total. The average molecular weight is 360 g/mol. The maximum atomic E-state index is 5.97. The zero-order valence-electron chi connectivity index (χ0n) is 15.6. The number of nitrogens with zero attached hydrogens (tertiary/aromatic N) is 1. The normalized spacial score (nSPS) is 20.0. The molecular formula is C19H24N2O5. The molecule has 0 spiro atoms. The first kappa shape index (κ1) is 18.3. The van der Waals surface area contributed by atoms with Gasteiger partial charge >= 0.3 is 0 Å². The molecule has 1 fully saturated rings. The van der Waals surface area contributed by atoms with Crippen LogP contribution in [0.5, 0.6) is 23.0 Å². The van der Waals surface area contributed by atoms with E-state index in [0.29, 0.717) is 23.0 Å². The van der Waals surface area contributed by atoms with Crippen LogP contribution < -0.4 is 24.3 Å². The molecular weight excluding hydrogens is 336 g/mol. The lowest BCUT2D eigenvalue weighted by Gasteiger charge is -2.18. The Morgan fingerprint density at radius 2 is 1.27 bits per heavy atom. The second-order valence-electron chi connectivity index (χ2n) is 5.83. The predicted molar refractivity (Wildman–Crippen MR) is 96.6 cm³/mol. The van der Waals surface area contributed by atoms with Gasteiger partial charge in [0.25, 0.3) is 0 Å². The van der Waals surface area contributed by atoms with Crippen LogP contribution in [0.25, 0.3) is 0 Å². The first-order valence-corrected chi connectivity index (χ1v) is 8.20. The van der Waals surface area contributed by atoms with Gasteiger partial charge in [-0.2, -0.15) is 5.06 Å². The summed E-state index contributed by atoms with van der Waals surface area (Å²) in [5.74, 6) is 2.70. The predicted octanol–water partition coefficient (Wildman–Crippen LogP) is 2.89. The Morgan fingerprint density at radius 1 is 0.769 bits per heavy atom. The second-order valence-corrected chi connectivity index (χ2v) is 5.83. The van der Waals surface area contributed by atoms with E-state index in [0.717, 1.165) is 11.1 Å². The van der Waals surface area contributed by atoms with Crippen molar-refractivity contribution in [1.82, 2.24) is 10.4 Å². The van der Waals surface area contributed by atoms with Gasteiger partial charge in [-0.3, -0.25) is 10.2 Å². The summed E-state index contributed by atoms with van der Waals surface area (Å²) in [5.41, 5.74) is 1.95. The number of hydroxylamine groups is 2. The van der Waals surface area contributed by atoms with Crippen molar-refractivity contribution >= 4 is 0 Å². The molecule has 0 aromatic heterocycles. The van der Waals surface area contributed by atoms with Crippen molar-refractivity contribution in [1.29, 1.82) is 0 Å². The summed E-state index contributed by atoms with van der Waals surface area (Å²) >= 11 is 0. The van der Waals surface area contributed by atoms with Crippen molar-refractivity contribution in [2.75, 3.05) is 35.5 Å². The highest BCUT2D eigenvalue weighted by atomic mass is 16.7. The third-order valence-corrected chi connectivity index (χ3v) is 4.38. The molecule has 0 aliphatic carbocycles. The van der Waals surface area contributed by atoms with Gasteiger partial charge in [0.05, 0.1) is 28.4 Å². The highest BCUT2D eigenvalue weighted by molar-refractivity contribution is 5.45.